The minimum Gasteiger partial charge on any atom is -0.397 e. The van der Waals surface area contributed by atoms with Gasteiger partial charge in [-0.2, -0.15) is 0 Å². The van der Waals surface area contributed by atoms with Gasteiger partial charge in [-0.3, -0.25) is 4.98 Å². The zero-order chi connectivity index (χ0) is 9.14. The summed E-state index contributed by atoms with van der Waals surface area (Å²) in [6.07, 6.45) is 2.94. The van der Waals surface area contributed by atoms with E-state index in [-0.39, 0.29) is 0 Å². The molecule has 1 rings (SSSR count). The topological polar surface area (TPSA) is 62.8 Å². The lowest BCUT2D eigenvalue weighted by molar-refractivity contribution is 0.826. The van der Waals surface area contributed by atoms with Crippen LogP contribution >= 0.6 is 0 Å². The molecule has 0 fully saturated rings. The van der Waals surface area contributed by atoms with E-state index in [1.807, 2.05) is 13.8 Å². The molecule has 0 unspecified atom stereocenters. The van der Waals surface area contributed by atoms with Gasteiger partial charge in [-0.05, 0) is 12.0 Å². The molecule has 0 radical (unpaired) electrons. The number of anilines is 1. The van der Waals surface area contributed by atoms with Crippen molar-refractivity contribution in [1.82, 2.24) is 4.98 Å². The lowest BCUT2D eigenvalue weighted by Gasteiger charge is -2.09. The molecule has 0 aliphatic carbocycles. The molecule has 0 aliphatic heterocycles. The third-order valence-corrected chi connectivity index (χ3v) is 1.76. The summed E-state index contributed by atoms with van der Waals surface area (Å²) in [5.74, 6) is 0.310. The predicted octanol–water partition coefficient (Wildman–Crippen LogP) is 1.78. The van der Waals surface area contributed by atoms with Gasteiger partial charge in [-0.1, -0.05) is 13.8 Å². The van der Waals surface area contributed by atoms with E-state index in [1.165, 1.54) is 6.21 Å². The molecular weight excluding hydrogens is 150 g/mol. The number of hydrogen-bond acceptors (Lipinski definition) is 3. The first-order chi connectivity index (χ1) is 5.66. The molecule has 0 saturated heterocycles. The third-order valence-electron chi connectivity index (χ3n) is 1.76. The van der Waals surface area contributed by atoms with E-state index in [9.17, 15) is 0 Å². The molecule has 0 saturated carbocycles. The normalized spacial score (nSPS) is 10.2. The quantitative estimate of drug-likeness (QED) is 0.653. The molecule has 0 spiro atoms. The lowest BCUT2D eigenvalue weighted by atomic mass is 10.1. The number of nitrogens with two attached hydrogens (primary N) is 1. The van der Waals surface area contributed by atoms with E-state index in [0.29, 0.717) is 11.6 Å². The Balaban J connectivity index is 3.22. The summed E-state index contributed by atoms with van der Waals surface area (Å²) < 4.78 is 0. The van der Waals surface area contributed by atoms with Crippen LogP contribution in [-0.2, 0) is 0 Å². The van der Waals surface area contributed by atoms with Crippen LogP contribution in [0.2, 0.25) is 0 Å². The first-order valence-electron chi connectivity index (χ1n) is 3.91. The molecule has 12 heavy (non-hydrogen) atoms. The zero-order valence-electron chi connectivity index (χ0n) is 7.33. The van der Waals surface area contributed by atoms with Gasteiger partial charge < -0.3 is 11.1 Å². The van der Waals surface area contributed by atoms with Gasteiger partial charge in [0.25, 0.3) is 0 Å². The average molecular weight is 163 g/mol. The Morgan fingerprint density at radius 1 is 1.58 bits per heavy atom. The maximum absolute atomic E-state index is 7.09. The van der Waals surface area contributed by atoms with Crippen LogP contribution in [0.4, 0.5) is 5.69 Å². The number of nitrogens with zero attached hydrogens (tertiary/aromatic N) is 1. The van der Waals surface area contributed by atoms with Crippen molar-refractivity contribution < 1.29 is 0 Å². The molecule has 0 aromatic carbocycles. The molecule has 3 heteroatoms. The van der Waals surface area contributed by atoms with Crippen LogP contribution in [0.3, 0.4) is 0 Å². The Kier molecular flexibility index (Phi) is 2.43. The smallest absolute Gasteiger partial charge is 0.0664 e. The highest BCUT2D eigenvalue weighted by Gasteiger charge is 2.07. The first-order valence-corrected chi connectivity index (χ1v) is 3.91. The largest absolute Gasteiger partial charge is 0.397 e. The minimum absolute atomic E-state index is 0.310. The molecule has 0 bridgehead atoms. The van der Waals surface area contributed by atoms with Crippen molar-refractivity contribution in [2.24, 2.45) is 0 Å². The molecule has 3 nitrogen and oxygen atoms in total. The van der Waals surface area contributed by atoms with E-state index in [0.717, 1.165) is 11.3 Å². The highest BCUT2D eigenvalue weighted by molar-refractivity contribution is 5.85. The van der Waals surface area contributed by atoms with Gasteiger partial charge in [-0.15, -0.1) is 0 Å². The molecule has 64 valence electrons. The maximum atomic E-state index is 7.09. The summed E-state index contributed by atoms with van der Waals surface area (Å²) in [4.78, 5) is 4.16. The van der Waals surface area contributed by atoms with Crippen LogP contribution in [0.25, 0.3) is 0 Å². The number of hydrogen-bond donors (Lipinski definition) is 2. The Hall–Kier alpha value is -1.38. The summed E-state index contributed by atoms with van der Waals surface area (Å²) in [7, 11) is 0. The molecule has 1 aromatic heterocycles. The number of pyridine rings is 1. The first kappa shape index (κ1) is 8.71. The third kappa shape index (κ3) is 1.44. The zero-order valence-corrected chi connectivity index (χ0v) is 7.33. The van der Waals surface area contributed by atoms with Crippen LogP contribution in [0, 0.1) is 5.41 Å². The second kappa shape index (κ2) is 3.34. The van der Waals surface area contributed by atoms with Gasteiger partial charge in [-0.25, -0.2) is 0 Å². The molecule has 0 atom stereocenters. The van der Waals surface area contributed by atoms with E-state index < -0.39 is 0 Å². The fourth-order valence-corrected chi connectivity index (χ4v) is 1.09. The Bertz CT molecular complexity index is 292. The standard InChI is InChI=1S/C9H13N3/c1-6(2)9-8(11)7(5-10)3-4-12-9/h3-6,10H,11H2,1-2H3. The number of rotatable bonds is 2. The minimum atomic E-state index is 0.310. The molecule has 1 heterocycles. The molecule has 1 aromatic rings. The maximum Gasteiger partial charge on any atom is 0.0664 e. The molecule has 0 aliphatic rings. The van der Waals surface area contributed by atoms with Crippen molar-refractivity contribution >= 4 is 11.9 Å². The highest BCUT2D eigenvalue weighted by Crippen LogP contribution is 2.20. The average Bonchev–Trinajstić information content (AvgIpc) is 2.04. The van der Waals surface area contributed by atoms with E-state index in [2.05, 4.69) is 4.98 Å². The summed E-state index contributed by atoms with van der Waals surface area (Å²) in [6, 6.07) is 1.74. The van der Waals surface area contributed by atoms with Crippen molar-refractivity contribution in [3.8, 4) is 0 Å². The molecular formula is C9H13N3. The van der Waals surface area contributed by atoms with Crippen LogP contribution < -0.4 is 5.73 Å². The Labute approximate surface area is 72.1 Å². The van der Waals surface area contributed by atoms with Crippen molar-refractivity contribution in [1.29, 1.82) is 5.41 Å². The van der Waals surface area contributed by atoms with Gasteiger partial charge in [0.2, 0.25) is 0 Å². The van der Waals surface area contributed by atoms with E-state index in [4.69, 9.17) is 11.1 Å². The lowest BCUT2D eigenvalue weighted by Crippen LogP contribution is -2.03. The SMILES string of the molecule is CC(C)c1nccc(C=N)c1N. The van der Waals surface area contributed by atoms with E-state index >= 15 is 0 Å². The van der Waals surface area contributed by atoms with Crippen LogP contribution in [0.1, 0.15) is 31.0 Å². The van der Waals surface area contributed by atoms with Gasteiger partial charge in [0.15, 0.2) is 0 Å². The van der Waals surface area contributed by atoms with Crippen LogP contribution in [0.5, 0.6) is 0 Å². The van der Waals surface area contributed by atoms with E-state index in [1.54, 1.807) is 12.3 Å². The second-order valence-corrected chi connectivity index (χ2v) is 3.00. The molecule has 0 amide bonds. The highest BCUT2D eigenvalue weighted by atomic mass is 14.7. The fourth-order valence-electron chi connectivity index (χ4n) is 1.09. The predicted molar refractivity (Wildman–Crippen MR) is 50.6 cm³/mol. The number of aromatic nitrogens is 1. The fraction of sp³-hybridized carbons (Fsp3) is 0.333. The van der Waals surface area contributed by atoms with Gasteiger partial charge in [0.05, 0.1) is 11.4 Å². The van der Waals surface area contributed by atoms with Gasteiger partial charge in [0, 0.05) is 18.0 Å². The summed E-state index contributed by atoms with van der Waals surface area (Å²) >= 11 is 0. The van der Waals surface area contributed by atoms with Crippen molar-refractivity contribution in [3.63, 3.8) is 0 Å². The second-order valence-electron chi connectivity index (χ2n) is 3.00. The number of nitrogen functional groups attached to an aromatic ring is 1. The van der Waals surface area contributed by atoms with Crippen molar-refractivity contribution in [3.05, 3.63) is 23.5 Å². The summed E-state index contributed by atoms with van der Waals surface area (Å²) in [6.45, 7) is 4.07. The summed E-state index contributed by atoms with van der Waals surface area (Å²) in [5.41, 5.74) is 8.02. The molecule has 3 N–H and O–H groups in total. The van der Waals surface area contributed by atoms with Crippen LogP contribution in [-0.4, -0.2) is 11.2 Å². The van der Waals surface area contributed by atoms with Crippen LogP contribution in [0.15, 0.2) is 12.3 Å². The van der Waals surface area contributed by atoms with Crippen molar-refractivity contribution in [2.45, 2.75) is 19.8 Å². The Morgan fingerprint density at radius 3 is 2.75 bits per heavy atom. The monoisotopic (exact) mass is 163 g/mol. The van der Waals surface area contributed by atoms with Gasteiger partial charge >= 0.3 is 0 Å². The van der Waals surface area contributed by atoms with Crippen molar-refractivity contribution in [2.75, 3.05) is 5.73 Å². The Morgan fingerprint density at radius 2 is 2.25 bits per heavy atom. The van der Waals surface area contributed by atoms with Gasteiger partial charge in [0.1, 0.15) is 0 Å². The number of nitrogens with one attached hydrogen (secondary N) is 1. The summed E-state index contributed by atoms with van der Waals surface area (Å²) in [5, 5.41) is 7.09.